The summed E-state index contributed by atoms with van der Waals surface area (Å²) >= 11 is 0. The predicted octanol–water partition coefficient (Wildman–Crippen LogP) is 0.562. The number of nitrogens with one attached hydrogen (secondary N) is 1. The molecule has 0 aliphatic rings. The van der Waals surface area contributed by atoms with Gasteiger partial charge in [0.15, 0.2) is 0 Å². The lowest BCUT2D eigenvalue weighted by molar-refractivity contribution is -0.385. The van der Waals surface area contributed by atoms with Crippen molar-refractivity contribution in [3.05, 3.63) is 21.5 Å². The molecule has 0 aliphatic carbocycles. The van der Waals surface area contributed by atoms with E-state index < -0.39 is 35.1 Å². The first kappa shape index (κ1) is 14.6. The van der Waals surface area contributed by atoms with E-state index in [4.69, 9.17) is 5.11 Å². The van der Waals surface area contributed by atoms with Gasteiger partial charge in [0.25, 0.3) is 5.91 Å². The molecule has 1 rings (SSSR count). The van der Waals surface area contributed by atoms with Crippen molar-refractivity contribution in [2.24, 2.45) is 0 Å². The summed E-state index contributed by atoms with van der Waals surface area (Å²) in [5.74, 6) is -1.98. The fraction of sp³-hybridized carbons (Fsp3) is 0.500. The van der Waals surface area contributed by atoms with Crippen molar-refractivity contribution < 1.29 is 19.6 Å². The van der Waals surface area contributed by atoms with Crippen molar-refractivity contribution in [3.8, 4) is 0 Å². The van der Waals surface area contributed by atoms with E-state index in [-0.39, 0.29) is 11.4 Å². The van der Waals surface area contributed by atoms with Crippen molar-refractivity contribution in [1.29, 1.82) is 0 Å². The number of carboxylic acid groups (broad SMARTS) is 1. The Kier molecular flexibility index (Phi) is 4.20. The van der Waals surface area contributed by atoms with Gasteiger partial charge in [0.2, 0.25) is 5.69 Å². The molecule has 9 heteroatoms. The number of nitrogens with zero attached hydrogens (tertiary/aromatic N) is 3. The van der Waals surface area contributed by atoms with Crippen LogP contribution in [0.3, 0.4) is 0 Å². The van der Waals surface area contributed by atoms with Gasteiger partial charge < -0.3 is 10.0 Å². The molecule has 0 unspecified atom stereocenters. The van der Waals surface area contributed by atoms with E-state index in [1.807, 2.05) is 0 Å². The van der Waals surface area contributed by atoms with Crippen LogP contribution in [-0.4, -0.2) is 49.6 Å². The monoisotopic (exact) mass is 270 g/mol. The lowest BCUT2D eigenvalue weighted by Crippen LogP contribution is -2.41. The average Bonchev–Trinajstić information content (AvgIpc) is 2.66. The summed E-state index contributed by atoms with van der Waals surface area (Å²) in [7, 11) is 0. The number of H-pyrrole nitrogens is 1. The van der Waals surface area contributed by atoms with E-state index in [0.29, 0.717) is 0 Å². The van der Waals surface area contributed by atoms with Gasteiger partial charge in [-0.3, -0.25) is 24.8 Å². The van der Waals surface area contributed by atoms with Gasteiger partial charge >= 0.3 is 11.7 Å². The fourth-order valence-corrected chi connectivity index (χ4v) is 1.57. The molecule has 1 heterocycles. The minimum atomic E-state index is -1.20. The molecule has 0 saturated heterocycles. The number of carbonyl (C=O) groups is 2. The van der Waals surface area contributed by atoms with Crippen LogP contribution in [0.2, 0.25) is 0 Å². The number of aryl methyl sites for hydroxylation is 1. The first-order chi connectivity index (χ1) is 8.75. The number of hydrogen-bond donors (Lipinski definition) is 2. The topological polar surface area (TPSA) is 129 Å². The van der Waals surface area contributed by atoms with Crippen molar-refractivity contribution in [3.63, 3.8) is 0 Å². The molecule has 1 aromatic rings. The number of aliphatic carboxylic acids is 1. The quantitative estimate of drug-likeness (QED) is 0.594. The van der Waals surface area contributed by atoms with Crippen LogP contribution in [0.5, 0.6) is 0 Å². The first-order valence-corrected chi connectivity index (χ1v) is 5.47. The molecule has 2 N–H and O–H groups in total. The zero-order chi connectivity index (χ0) is 14.7. The number of hydrogen-bond acceptors (Lipinski definition) is 5. The molecule has 0 radical (unpaired) electrons. The molecule has 0 aromatic carbocycles. The second kappa shape index (κ2) is 5.46. The van der Waals surface area contributed by atoms with E-state index in [1.54, 1.807) is 13.8 Å². The van der Waals surface area contributed by atoms with E-state index in [2.05, 4.69) is 10.2 Å². The number of aromatic nitrogens is 2. The van der Waals surface area contributed by atoms with E-state index in [0.717, 1.165) is 4.90 Å². The highest BCUT2D eigenvalue weighted by Crippen LogP contribution is 2.22. The normalized spacial score (nSPS) is 10.5. The van der Waals surface area contributed by atoms with E-state index in [1.165, 1.54) is 6.92 Å². The van der Waals surface area contributed by atoms with Gasteiger partial charge in [0.1, 0.15) is 12.2 Å². The van der Waals surface area contributed by atoms with Gasteiger partial charge in [-0.25, -0.2) is 0 Å². The van der Waals surface area contributed by atoms with Gasteiger partial charge in [0.05, 0.1) is 4.92 Å². The Balaban J connectivity index is 3.17. The molecule has 0 bridgehead atoms. The lowest BCUT2D eigenvalue weighted by atomic mass is 10.2. The van der Waals surface area contributed by atoms with Crippen LogP contribution in [-0.2, 0) is 4.79 Å². The summed E-state index contributed by atoms with van der Waals surface area (Å²) in [5.41, 5.74) is -0.661. The maximum absolute atomic E-state index is 12.1. The SMILES string of the molecule is Cc1[nH]nc(C(=O)N(CC(=O)O)C(C)C)c1[N+](=O)[O-]. The molecule has 0 spiro atoms. The summed E-state index contributed by atoms with van der Waals surface area (Å²) in [6.45, 7) is 4.11. The highest BCUT2D eigenvalue weighted by atomic mass is 16.6. The minimum absolute atomic E-state index is 0.146. The zero-order valence-corrected chi connectivity index (χ0v) is 10.7. The standard InChI is InChI=1S/C10H14N4O5/c1-5(2)13(4-7(15)16)10(17)8-9(14(18)19)6(3)11-12-8/h5H,4H2,1-3H3,(H,11,12)(H,15,16). The highest BCUT2D eigenvalue weighted by Gasteiger charge is 2.32. The minimum Gasteiger partial charge on any atom is -0.480 e. The Hall–Kier alpha value is -2.45. The molecule has 0 atom stereocenters. The fourth-order valence-electron chi connectivity index (χ4n) is 1.57. The van der Waals surface area contributed by atoms with Crippen LogP contribution in [0.25, 0.3) is 0 Å². The number of aromatic amines is 1. The second-order valence-corrected chi connectivity index (χ2v) is 4.22. The van der Waals surface area contributed by atoms with Crippen molar-refractivity contribution in [1.82, 2.24) is 15.1 Å². The van der Waals surface area contributed by atoms with Crippen molar-refractivity contribution in [2.45, 2.75) is 26.8 Å². The number of rotatable bonds is 5. The average molecular weight is 270 g/mol. The maximum atomic E-state index is 12.1. The van der Waals surface area contributed by atoms with Crippen LogP contribution in [0.15, 0.2) is 0 Å². The number of carbonyl (C=O) groups excluding carboxylic acids is 1. The predicted molar refractivity (Wildman–Crippen MR) is 63.8 cm³/mol. The molecular weight excluding hydrogens is 256 g/mol. The molecule has 104 valence electrons. The number of amides is 1. The molecule has 1 amide bonds. The van der Waals surface area contributed by atoms with Gasteiger partial charge in [-0.2, -0.15) is 5.10 Å². The molecule has 9 nitrogen and oxygen atoms in total. The molecule has 19 heavy (non-hydrogen) atoms. The van der Waals surface area contributed by atoms with Crippen molar-refractivity contribution in [2.75, 3.05) is 6.54 Å². The van der Waals surface area contributed by atoms with Gasteiger partial charge in [-0.05, 0) is 20.8 Å². The Bertz CT molecular complexity index is 522. The second-order valence-electron chi connectivity index (χ2n) is 4.22. The summed E-state index contributed by atoms with van der Waals surface area (Å²) < 4.78 is 0. The largest absolute Gasteiger partial charge is 0.480 e. The Labute approximate surface area is 108 Å². The number of carboxylic acids is 1. The van der Waals surface area contributed by atoms with Crippen LogP contribution < -0.4 is 0 Å². The third kappa shape index (κ3) is 3.06. The third-order valence-electron chi connectivity index (χ3n) is 2.49. The Morgan fingerprint density at radius 3 is 2.53 bits per heavy atom. The summed E-state index contributed by atoms with van der Waals surface area (Å²) in [5, 5.41) is 25.6. The van der Waals surface area contributed by atoms with Gasteiger partial charge in [-0.15, -0.1) is 0 Å². The van der Waals surface area contributed by atoms with Gasteiger partial charge in [0, 0.05) is 6.04 Å². The molecule has 1 aromatic heterocycles. The van der Waals surface area contributed by atoms with Crippen molar-refractivity contribution >= 4 is 17.6 Å². The van der Waals surface area contributed by atoms with Crippen LogP contribution in [0, 0.1) is 17.0 Å². The Morgan fingerprint density at radius 2 is 2.11 bits per heavy atom. The maximum Gasteiger partial charge on any atom is 0.323 e. The van der Waals surface area contributed by atoms with E-state index in [9.17, 15) is 19.7 Å². The molecular formula is C10H14N4O5. The molecule has 0 aliphatic heterocycles. The van der Waals surface area contributed by atoms with Crippen LogP contribution >= 0.6 is 0 Å². The van der Waals surface area contributed by atoms with Gasteiger partial charge in [-0.1, -0.05) is 0 Å². The smallest absolute Gasteiger partial charge is 0.323 e. The van der Waals surface area contributed by atoms with E-state index >= 15 is 0 Å². The number of nitro groups is 1. The molecule has 0 fully saturated rings. The zero-order valence-electron chi connectivity index (χ0n) is 10.7. The Morgan fingerprint density at radius 1 is 1.53 bits per heavy atom. The summed E-state index contributed by atoms with van der Waals surface area (Å²) in [6.07, 6.45) is 0. The van der Waals surface area contributed by atoms with Crippen LogP contribution in [0.1, 0.15) is 30.0 Å². The lowest BCUT2D eigenvalue weighted by Gasteiger charge is -2.23. The first-order valence-electron chi connectivity index (χ1n) is 5.47. The third-order valence-corrected chi connectivity index (χ3v) is 2.49. The highest BCUT2D eigenvalue weighted by molar-refractivity contribution is 5.98. The summed E-state index contributed by atoms with van der Waals surface area (Å²) in [6, 6.07) is -0.416. The summed E-state index contributed by atoms with van der Waals surface area (Å²) in [4.78, 5) is 34.0. The molecule has 0 saturated carbocycles. The van der Waals surface area contributed by atoms with Crippen LogP contribution in [0.4, 0.5) is 5.69 Å².